The maximum atomic E-state index is 13.4. The summed E-state index contributed by atoms with van der Waals surface area (Å²) in [5, 5.41) is 8.56. The number of carbonyl (C=O) groups excluding carboxylic acids is 1. The van der Waals surface area contributed by atoms with E-state index in [0.717, 1.165) is 17.8 Å². The van der Waals surface area contributed by atoms with Gasteiger partial charge in [0.15, 0.2) is 5.12 Å². The van der Waals surface area contributed by atoms with E-state index in [4.69, 9.17) is 5.11 Å². The van der Waals surface area contributed by atoms with Gasteiger partial charge in [0.25, 0.3) is 0 Å². The van der Waals surface area contributed by atoms with E-state index in [-0.39, 0.29) is 10.7 Å². The van der Waals surface area contributed by atoms with E-state index in [1.807, 2.05) is 0 Å². The fraction of sp³-hybridized carbons (Fsp3) is 0.231. The van der Waals surface area contributed by atoms with E-state index in [9.17, 15) is 18.4 Å². The number of thioether (sulfide) groups is 1. The first-order chi connectivity index (χ1) is 8.91. The number of carboxylic acid groups (broad SMARTS) is 1. The molecule has 0 atom stereocenters. The number of rotatable bonds is 3. The van der Waals surface area contributed by atoms with Crippen LogP contribution in [0.4, 0.5) is 8.78 Å². The van der Waals surface area contributed by atoms with Crippen molar-refractivity contribution in [1.29, 1.82) is 0 Å². The number of aromatic carboxylic acids is 1. The molecule has 0 aliphatic heterocycles. The maximum absolute atomic E-state index is 13.4. The third-order valence-electron chi connectivity index (χ3n) is 2.04. The van der Waals surface area contributed by atoms with Gasteiger partial charge in [-0.3, -0.25) is 4.79 Å². The third kappa shape index (κ3) is 4.72. The standard InChI is InChI=1S/C13H10F2O3S/c1-8(16)19-5-3-2-4-9-6-12(15)10(13(17)18)7-11(9)14/h6-7H,3,5H2,1H3,(H,17,18). The molecule has 0 saturated heterocycles. The topological polar surface area (TPSA) is 54.4 Å². The van der Waals surface area contributed by atoms with Gasteiger partial charge in [-0.1, -0.05) is 23.6 Å². The molecule has 0 spiro atoms. The highest BCUT2D eigenvalue weighted by Crippen LogP contribution is 2.14. The van der Waals surface area contributed by atoms with Crippen LogP contribution in [0.5, 0.6) is 0 Å². The van der Waals surface area contributed by atoms with Crippen molar-refractivity contribution in [3.05, 3.63) is 34.9 Å². The van der Waals surface area contributed by atoms with Gasteiger partial charge in [-0.05, 0) is 12.1 Å². The molecule has 0 fully saturated rings. The molecule has 0 bridgehead atoms. The molecule has 100 valence electrons. The molecule has 1 rings (SSSR count). The van der Waals surface area contributed by atoms with Crippen LogP contribution in [0.2, 0.25) is 0 Å². The lowest BCUT2D eigenvalue weighted by atomic mass is 10.1. The van der Waals surface area contributed by atoms with E-state index in [1.54, 1.807) is 0 Å². The lowest BCUT2D eigenvalue weighted by Gasteiger charge is -1.99. The number of benzene rings is 1. The van der Waals surface area contributed by atoms with Crippen LogP contribution >= 0.6 is 11.8 Å². The summed E-state index contributed by atoms with van der Waals surface area (Å²) in [6.45, 7) is 1.43. The fourth-order valence-electron chi connectivity index (χ4n) is 1.21. The largest absolute Gasteiger partial charge is 0.478 e. The Morgan fingerprint density at radius 1 is 1.32 bits per heavy atom. The van der Waals surface area contributed by atoms with Gasteiger partial charge in [-0.25, -0.2) is 13.6 Å². The second-order valence-electron chi connectivity index (χ2n) is 3.51. The average Bonchev–Trinajstić information content (AvgIpc) is 2.31. The maximum Gasteiger partial charge on any atom is 0.338 e. The molecular formula is C13H10F2O3S. The van der Waals surface area contributed by atoms with E-state index < -0.39 is 23.2 Å². The molecule has 0 saturated carbocycles. The van der Waals surface area contributed by atoms with Crippen LogP contribution < -0.4 is 0 Å². The summed E-state index contributed by atoms with van der Waals surface area (Å²) in [5.41, 5.74) is -0.925. The van der Waals surface area contributed by atoms with Crippen LogP contribution in [0.3, 0.4) is 0 Å². The van der Waals surface area contributed by atoms with Crippen LogP contribution in [-0.2, 0) is 4.79 Å². The Morgan fingerprint density at radius 3 is 2.58 bits per heavy atom. The highest BCUT2D eigenvalue weighted by atomic mass is 32.2. The van der Waals surface area contributed by atoms with Crippen molar-refractivity contribution >= 4 is 22.8 Å². The smallest absolute Gasteiger partial charge is 0.338 e. The minimum Gasteiger partial charge on any atom is -0.478 e. The lowest BCUT2D eigenvalue weighted by molar-refractivity contribution is -0.109. The van der Waals surface area contributed by atoms with Gasteiger partial charge in [0.05, 0.1) is 11.1 Å². The van der Waals surface area contributed by atoms with Crippen molar-refractivity contribution in [3.8, 4) is 11.8 Å². The zero-order valence-corrected chi connectivity index (χ0v) is 10.8. The zero-order valence-electron chi connectivity index (χ0n) is 10.00. The molecule has 1 N–H and O–H groups in total. The van der Waals surface area contributed by atoms with Crippen LogP contribution in [0, 0.1) is 23.5 Å². The van der Waals surface area contributed by atoms with Crippen molar-refractivity contribution in [2.45, 2.75) is 13.3 Å². The highest BCUT2D eigenvalue weighted by Gasteiger charge is 2.13. The van der Waals surface area contributed by atoms with E-state index in [2.05, 4.69) is 11.8 Å². The van der Waals surface area contributed by atoms with Gasteiger partial charge in [0.2, 0.25) is 0 Å². The van der Waals surface area contributed by atoms with Gasteiger partial charge in [-0.15, -0.1) is 0 Å². The summed E-state index contributed by atoms with van der Waals surface area (Å²) in [6, 6.07) is 1.36. The second-order valence-corrected chi connectivity index (χ2v) is 4.78. The van der Waals surface area contributed by atoms with Gasteiger partial charge < -0.3 is 5.11 Å². The Hall–Kier alpha value is -1.87. The Labute approximate surface area is 113 Å². The number of hydrogen-bond donors (Lipinski definition) is 1. The predicted molar refractivity (Wildman–Crippen MR) is 68.0 cm³/mol. The summed E-state index contributed by atoms with van der Waals surface area (Å²) in [5.74, 6) is 2.03. The van der Waals surface area contributed by atoms with Gasteiger partial charge >= 0.3 is 5.97 Å². The van der Waals surface area contributed by atoms with Crippen LogP contribution in [0.15, 0.2) is 12.1 Å². The first kappa shape index (κ1) is 15.2. The Bertz CT molecular complexity index is 573. The summed E-state index contributed by atoms with van der Waals surface area (Å²) in [4.78, 5) is 21.2. The average molecular weight is 284 g/mol. The molecule has 3 nitrogen and oxygen atoms in total. The summed E-state index contributed by atoms with van der Waals surface area (Å²) in [6.07, 6.45) is 0.353. The quantitative estimate of drug-likeness (QED) is 0.685. The van der Waals surface area contributed by atoms with Crippen LogP contribution in [0.25, 0.3) is 0 Å². The van der Waals surface area contributed by atoms with Crippen molar-refractivity contribution in [3.63, 3.8) is 0 Å². The molecule has 1 aromatic rings. The molecule has 0 aliphatic carbocycles. The molecule has 0 radical (unpaired) electrons. The van der Waals surface area contributed by atoms with E-state index in [0.29, 0.717) is 18.2 Å². The van der Waals surface area contributed by atoms with E-state index in [1.165, 1.54) is 6.92 Å². The fourth-order valence-corrected chi connectivity index (χ4v) is 1.70. The number of hydrogen-bond acceptors (Lipinski definition) is 3. The Balaban J connectivity index is 2.80. The molecule has 19 heavy (non-hydrogen) atoms. The SMILES string of the molecule is CC(=O)SCCC#Cc1cc(F)c(C(=O)O)cc1F. The summed E-state index contributed by atoms with van der Waals surface area (Å²) in [7, 11) is 0. The monoisotopic (exact) mass is 284 g/mol. The van der Waals surface area contributed by atoms with Crippen molar-refractivity contribution < 1.29 is 23.5 Å². The van der Waals surface area contributed by atoms with Crippen molar-refractivity contribution in [1.82, 2.24) is 0 Å². The third-order valence-corrected chi connectivity index (χ3v) is 2.86. The van der Waals surface area contributed by atoms with Crippen molar-refractivity contribution in [2.24, 2.45) is 0 Å². The number of carbonyl (C=O) groups is 2. The minimum absolute atomic E-state index is 0.0372. The number of carboxylic acids is 1. The highest BCUT2D eigenvalue weighted by molar-refractivity contribution is 8.13. The minimum atomic E-state index is -1.53. The normalized spacial score (nSPS) is 9.63. The lowest BCUT2D eigenvalue weighted by Crippen LogP contribution is -2.02. The first-order valence-electron chi connectivity index (χ1n) is 5.26. The van der Waals surface area contributed by atoms with Crippen LogP contribution in [-0.4, -0.2) is 21.9 Å². The molecule has 6 heteroatoms. The number of halogens is 2. The summed E-state index contributed by atoms with van der Waals surface area (Å²) >= 11 is 1.09. The van der Waals surface area contributed by atoms with E-state index >= 15 is 0 Å². The van der Waals surface area contributed by atoms with Gasteiger partial charge in [0.1, 0.15) is 11.6 Å². The van der Waals surface area contributed by atoms with Crippen molar-refractivity contribution in [2.75, 3.05) is 5.75 Å². The summed E-state index contributed by atoms with van der Waals surface area (Å²) < 4.78 is 26.7. The predicted octanol–water partition coefficient (Wildman–Crippen LogP) is 2.68. The molecule has 0 heterocycles. The first-order valence-corrected chi connectivity index (χ1v) is 6.25. The van der Waals surface area contributed by atoms with Crippen LogP contribution in [0.1, 0.15) is 29.3 Å². The second kappa shape index (κ2) is 6.90. The molecule has 1 aromatic carbocycles. The Kier molecular flexibility index (Phi) is 5.52. The Morgan fingerprint density at radius 2 is 2.00 bits per heavy atom. The van der Waals surface area contributed by atoms with Gasteiger partial charge in [0, 0.05) is 19.1 Å². The van der Waals surface area contributed by atoms with Gasteiger partial charge in [-0.2, -0.15) is 0 Å². The molecule has 0 unspecified atom stereocenters. The molecule has 0 aromatic heterocycles. The molecular weight excluding hydrogens is 274 g/mol. The molecule has 0 aliphatic rings. The zero-order chi connectivity index (χ0) is 14.4. The molecule has 0 amide bonds.